The Labute approximate surface area is 168 Å². The summed E-state index contributed by atoms with van der Waals surface area (Å²) in [6.07, 6.45) is 1.86. The lowest BCUT2D eigenvalue weighted by atomic mass is 10.1. The molecule has 4 aromatic rings. The van der Waals surface area contributed by atoms with E-state index >= 15 is 0 Å². The van der Waals surface area contributed by atoms with Gasteiger partial charge in [-0.3, -0.25) is 0 Å². The van der Waals surface area contributed by atoms with Crippen LogP contribution in [0.25, 0.3) is 22.0 Å². The molecule has 5 nitrogen and oxygen atoms in total. The first-order chi connectivity index (χ1) is 13.7. The molecule has 0 atom stereocenters. The maximum atomic E-state index is 5.83. The van der Waals surface area contributed by atoms with Crippen molar-refractivity contribution in [2.24, 2.45) is 0 Å². The quantitative estimate of drug-likeness (QED) is 0.399. The van der Waals surface area contributed by atoms with E-state index < -0.39 is 0 Å². The van der Waals surface area contributed by atoms with E-state index in [0.29, 0.717) is 5.89 Å². The second kappa shape index (κ2) is 8.54. The molecular weight excluding hydrogens is 370 g/mol. The minimum atomic E-state index is 0.714. The van der Waals surface area contributed by atoms with Crippen LogP contribution in [0.5, 0.6) is 0 Å². The molecule has 0 unspecified atom stereocenters. The van der Waals surface area contributed by atoms with Gasteiger partial charge in [-0.15, -0.1) is 11.3 Å². The van der Waals surface area contributed by atoms with E-state index in [9.17, 15) is 0 Å². The standard InChI is InChI=1S/C22H23N3O2S/c1-16-20(23-22(26-16)21-11-7-13-28-21)15-25(2)12-6-10-18-14-19(24-27-18)17-8-4-3-5-9-17/h3-5,7-9,11,13-14H,6,10,12,15H2,1-2H3. The van der Waals surface area contributed by atoms with Crippen molar-refractivity contribution < 1.29 is 8.94 Å². The van der Waals surface area contributed by atoms with Crippen molar-refractivity contribution >= 4 is 11.3 Å². The molecule has 0 aliphatic heterocycles. The van der Waals surface area contributed by atoms with Crippen LogP contribution in [0.2, 0.25) is 0 Å². The molecule has 6 heteroatoms. The van der Waals surface area contributed by atoms with Gasteiger partial charge in [0.1, 0.15) is 17.2 Å². The fourth-order valence-electron chi connectivity index (χ4n) is 3.11. The Morgan fingerprint density at radius 3 is 2.75 bits per heavy atom. The van der Waals surface area contributed by atoms with E-state index in [2.05, 4.69) is 22.1 Å². The second-order valence-electron chi connectivity index (χ2n) is 6.89. The van der Waals surface area contributed by atoms with E-state index in [1.54, 1.807) is 11.3 Å². The Hall–Kier alpha value is -2.70. The van der Waals surface area contributed by atoms with Gasteiger partial charge in [0, 0.05) is 24.6 Å². The number of nitrogens with zero attached hydrogens (tertiary/aromatic N) is 3. The van der Waals surface area contributed by atoms with Gasteiger partial charge in [0.2, 0.25) is 5.89 Å². The molecule has 4 rings (SSSR count). The monoisotopic (exact) mass is 393 g/mol. The smallest absolute Gasteiger partial charge is 0.236 e. The zero-order valence-electron chi connectivity index (χ0n) is 16.1. The van der Waals surface area contributed by atoms with Crippen molar-refractivity contribution in [1.82, 2.24) is 15.0 Å². The van der Waals surface area contributed by atoms with Crippen molar-refractivity contribution in [3.8, 4) is 22.0 Å². The molecule has 144 valence electrons. The number of rotatable bonds is 8. The fraction of sp³-hybridized carbons (Fsp3) is 0.273. The van der Waals surface area contributed by atoms with Gasteiger partial charge in [0.15, 0.2) is 0 Å². The summed E-state index contributed by atoms with van der Waals surface area (Å²) in [5.74, 6) is 2.52. The summed E-state index contributed by atoms with van der Waals surface area (Å²) < 4.78 is 11.3. The van der Waals surface area contributed by atoms with Crippen LogP contribution in [0.15, 0.2) is 62.9 Å². The summed E-state index contributed by atoms with van der Waals surface area (Å²) in [6, 6.07) is 16.2. The molecule has 0 aliphatic carbocycles. The lowest BCUT2D eigenvalue weighted by molar-refractivity contribution is 0.307. The van der Waals surface area contributed by atoms with Crippen LogP contribution in [0.1, 0.15) is 23.6 Å². The van der Waals surface area contributed by atoms with Crippen molar-refractivity contribution in [3.05, 3.63) is 71.1 Å². The third-order valence-electron chi connectivity index (χ3n) is 4.64. The normalized spacial score (nSPS) is 11.4. The first kappa shape index (κ1) is 18.7. The molecule has 0 N–H and O–H groups in total. The number of hydrogen-bond donors (Lipinski definition) is 0. The average molecular weight is 394 g/mol. The van der Waals surface area contributed by atoms with Crippen LogP contribution >= 0.6 is 11.3 Å². The molecule has 0 radical (unpaired) electrons. The Bertz CT molecular complexity index is 1010. The first-order valence-corrected chi connectivity index (χ1v) is 10.3. The number of aromatic nitrogens is 2. The molecule has 0 spiro atoms. The van der Waals surface area contributed by atoms with Gasteiger partial charge in [-0.2, -0.15) is 0 Å². The number of thiophene rings is 1. The summed E-state index contributed by atoms with van der Waals surface area (Å²) in [6.45, 7) is 3.70. The predicted octanol–water partition coefficient (Wildman–Crippen LogP) is 5.43. The summed E-state index contributed by atoms with van der Waals surface area (Å²) in [5.41, 5.74) is 2.97. The number of oxazole rings is 1. The van der Waals surface area contributed by atoms with Crippen LogP contribution in [0, 0.1) is 6.92 Å². The van der Waals surface area contributed by atoms with Crippen LogP contribution in [-0.2, 0) is 13.0 Å². The van der Waals surface area contributed by atoms with Gasteiger partial charge < -0.3 is 13.8 Å². The highest BCUT2D eigenvalue weighted by Gasteiger charge is 2.14. The summed E-state index contributed by atoms with van der Waals surface area (Å²) in [7, 11) is 2.11. The molecular formula is C22H23N3O2S. The van der Waals surface area contributed by atoms with Crippen molar-refractivity contribution in [1.29, 1.82) is 0 Å². The van der Waals surface area contributed by atoms with E-state index in [1.165, 1.54) is 0 Å². The van der Waals surface area contributed by atoms with Gasteiger partial charge >= 0.3 is 0 Å². The average Bonchev–Trinajstić information content (AvgIpc) is 3.44. The van der Waals surface area contributed by atoms with E-state index in [4.69, 9.17) is 8.94 Å². The lowest BCUT2D eigenvalue weighted by Gasteiger charge is -2.14. The summed E-state index contributed by atoms with van der Waals surface area (Å²) in [5, 5.41) is 6.22. The molecule has 0 amide bonds. The zero-order chi connectivity index (χ0) is 19.3. The van der Waals surface area contributed by atoms with Gasteiger partial charge in [-0.1, -0.05) is 41.6 Å². The number of benzene rings is 1. The third kappa shape index (κ3) is 4.40. The highest BCUT2D eigenvalue weighted by atomic mass is 32.1. The van der Waals surface area contributed by atoms with Crippen molar-refractivity contribution in [2.75, 3.05) is 13.6 Å². The van der Waals surface area contributed by atoms with Crippen molar-refractivity contribution in [2.45, 2.75) is 26.3 Å². The van der Waals surface area contributed by atoms with Gasteiger partial charge in [-0.25, -0.2) is 4.98 Å². The molecule has 0 saturated carbocycles. The van der Waals surface area contributed by atoms with Crippen LogP contribution in [0.4, 0.5) is 0 Å². The molecule has 0 bridgehead atoms. The fourth-order valence-corrected chi connectivity index (χ4v) is 3.76. The molecule has 3 aromatic heterocycles. The minimum Gasteiger partial charge on any atom is -0.440 e. The largest absolute Gasteiger partial charge is 0.440 e. The maximum absolute atomic E-state index is 5.83. The topological polar surface area (TPSA) is 55.3 Å². The Morgan fingerprint density at radius 1 is 1.11 bits per heavy atom. The third-order valence-corrected chi connectivity index (χ3v) is 5.49. The molecule has 1 aromatic carbocycles. The molecule has 0 saturated heterocycles. The second-order valence-corrected chi connectivity index (χ2v) is 7.83. The predicted molar refractivity (Wildman–Crippen MR) is 111 cm³/mol. The summed E-state index contributed by atoms with van der Waals surface area (Å²) >= 11 is 1.64. The molecule has 3 heterocycles. The maximum Gasteiger partial charge on any atom is 0.236 e. The SMILES string of the molecule is Cc1oc(-c2cccs2)nc1CN(C)CCCc1cc(-c2ccccc2)no1. The molecule has 0 fully saturated rings. The van der Waals surface area contributed by atoms with Crippen molar-refractivity contribution in [3.63, 3.8) is 0 Å². The Kier molecular flexibility index (Phi) is 5.69. The van der Waals surface area contributed by atoms with E-state index in [-0.39, 0.29) is 0 Å². The van der Waals surface area contributed by atoms with E-state index in [1.807, 2.05) is 60.8 Å². The lowest BCUT2D eigenvalue weighted by Crippen LogP contribution is -2.20. The number of aryl methyl sites for hydroxylation is 2. The van der Waals surface area contributed by atoms with E-state index in [0.717, 1.165) is 59.3 Å². The highest BCUT2D eigenvalue weighted by molar-refractivity contribution is 7.13. The first-order valence-electron chi connectivity index (χ1n) is 9.39. The van der Waals surface area contributed by atoms with Crippen LogP contribution in [-0.4, -0.2) is 28.6 Å². The highest BCUT2D eigenvalue weighted by Crippen LogP contribution is 2.26. The molecule has 28 heavy (non-hydrogen) atoms. The van der Waals surface area contributed by atoms with Gasteiger partial charge in [0.25, 0.3) is 0 Å². The minimum absolute atomic E-state index is 0.714. The zero-order valence-corrected chi connectivity index (χ0v) is 16.9. The summed E-state index contributed by atoms with van der Waals surface area (Å²) in [4.78, 5) is 8.00. The van der Waals surface area contributed by atoms with Gasteiger partial charge in [-0.05, 0) is 38.4 Å². The Balaban J connectivity index is 1.28. The Morgan fingerprint density at radius 2 is 1.96 bits per heavy atom. The molecule has 0 aliphatic rings. The van der Waals surface area contributed by atoms with Gasteiger partial charge in [0.05, 0.1) is 10.6 Å². The van der Waals surface area contributed by atoms with Crippen LogP contribution < -0.4 is 0 Å². The van der Waals surface area contributed by atoms with Crippen LogP contribution in [0.3, 0.4) is 0 Å². The number of hydrogen-bond acceptors (Lipinski definition) is 6.